The number of nitrogens with zero attached hydrogens (tertiary/aromatic N) is 4. The van der Waals surface area contributed by atoms with Gasteiger partial charge in [-0.3, -0.25) is 4.68 Å². The first-order chi connectivity index (χ1) is 10.2. The second kappa shape index (κ2) is 5.69. The van der Waals surface area contributed by atoms with Gasteiger partial charge >= 0.3 is 0 Å². The number of aromatic nitrogens is 4. The van der Waals surface area contributed by atoms with Gasteiger partial charge in [-0.2, -0.15) is 5.10 Å². The van der Waals surface area contributed by atoms with Crippen LogP contribution in [0.4, 0.5) is 0 Å². The summed E-state index contributed by atoms with van der Waals surface area (Å²) in [5, 5.41) is 7.80. The Kier molecular flexibility index (Phi) is 3.75. The van der Waals surface area contributed by atoms with Crippen LogP contribution in [0, 0.1) is 0 Å². The summed E-state index contributed by atoms with van der Waals surface area (Å²) < 4.78 is 4.02. The predicted molar refractivity (Wildman–Crippen MR) is 84.0 cm³/mol. The van der Waals surface area contributed by atoms with Crippen LogP contribution in [0.2, 0.25) is 0 Å². The zero-order chi connectivity index (χ0) is 14.8. The lowest BCUT2D eigenvalue weighted by Gasteiger charge is -2.16. The molecule has 2 heterocycles. The third-order valence-electron chi connectivity index (χ3n) is 3.84. The van der Waals surface area contributed by atoms with Gasteiger partial charge in [-0.25, -0.2) is 4.98 Å². The van der Waals surface area contributed by atoms with Crippen LogP contribution in [0.25, 0.3) is 11.0 Å². The van der Waals surface area contributed by atoms with Crippen LogP contribution in [0.1, 0.15) is 24.4 Å². The maximum absolute atomic E-state index is 4.76. The zero-order valence-corrected chi connectivity index (χ0v) is 12.7. The smallest absolute Gasteiger partial charge is 0.111 e. The first kappa shape index (κ1) is 13.8. The van der Waals surface area contributed by atoms with Gasteiger partial charge in [0.05, 0.1) is 17.2 Å². The molecule has 21 heavy (non-hydrogen) atoms. The van der Waals surface area contributed by atoms with E-state index in [1.54, 1.807) is 0 Å². The Morgan fingerprint density at radius 2 is 2.05 bits per heavy atom. The van der Waals surface area contributed by atoms with Gasteiger partial charge in [-0.15, -0.1) is 0 Å². The molecule has 3 aromatic rings. The van der Waals surface area contributed by atoms with Gasteiger partial charge in [0.15, 0.2) is 0 Å². The first-order valence-electron chi connectivity index (χ1n) is 7.31. The molecule has 110 valence electrons. The Bertz CT molecular complexity index is 740. The van der Waals surface area contributed by atoms with Crippen molar-refractivity contribution in [3.05, 3.63) is 48.0 Å². The zero-order valence-electron chi connectivity index (χ0n) is 12.7. The van der Waals surface area contributed by atoms with Crippen LogP contribution in [-0.4, -0.2) is 25.9 Å². The summed E-state index contributed by atoms with van der Waals surface area (Å²) in [5.41, 5.74) is 3.43. The quantitative estimate of drug-likeness (QED) is 0.781. The van der Waals surface area contributed by atoms with Crippen molar-refractivity contribution < 1.29 is 0 Å². The molecule has 0 aliphatic rings. The minimum Gasteiger partial charge on any atom is -0.331 e. The van der Waals surface area contributed by atoms with Crippen molar-refractivity contribution in [3.63, 3.8) is 0 Å². The van der Waals surface area contributed by atoms with Crippen LogP contribution in [0.15, 0.2) is 36.7 Å². The van der Waals surface area contributed by atoms with E-state index in [4.69, 9.17) is 4.98 Å². The monoisotopic (exact) mass is 283 g/mol. The highest BCUT2D eigenvalue weighted by Gasteiger charge is 2.17. The highest BCUT2D eigenvalue weighted by atomic mass is 15.2. The molecule has 0 saturated carbocycles. The van der Waals surface area contributed by atoms with Crippen LogP contribution >= 0.6 is 0 Å². The van der Waals surface area contributed by atoms with Crippen molar-refractivity contribution in [1.29, 1.82) is 0 Å². The molecule has 1 unspecified atom stereocenters. The van der Waals surface area contributed by atoms with Crippen molar-refractivity contribution >= 4 is 11.0 Å². The van der Waals surface area contributed by atoms with Gasteiger partial charge in [0.1, 0.15) is 5.82 Å². The molecule has 0 fully saturated rings. The van der Waals surface area contributed by atoms with E-state index in [0.717, 1.165) is 24.3 Å². The maximum atomic E-state index is 4.76. The fraction of sp³-hybridized carbons (Fsp3) is 0.375. The fourth-order valence-corrected chi connectivity index (χ4v) is 2.73. The lowest BCUT2D eigenvalue weighted by Crippen LogP contribution is -2.23. The van der Waals surface area contributed by atoms with Crippen molar-refractivity contribution in [2.75, 3.05) is 6.54 Å². The molecule has 0 saturated heterocycles. The summed E-state index contributed by atoms with van der Waals surface area (Å²) in [6.07, 6.45) is 4.84. The fourth-order valence-electron chi connectivity index (χ4n) is 2.73. The van der Waals surface area contributed by atoms with E-state index in [0.29, 0.717) is 0 Å². The van der Waals surface area contributed by atoms with Crippen molar-refractivity contribution in [1.82, 2.24) is 24.6 Å². The van der Waals surface area contributed by atoms with E-state index in [9.17, 15) is 0 Å². The molecule has 1 aromatic carbocycles. The number of fused-ring (bicyclic) bond motifs is 1. The van der Waals surface area contributed by atoms with Crippen LogP contribution in [-0.2, 0) is 20.5 Å². The lowest BCUT2D eigenvalue weighted by molar-refractivity contribution is 0.530. The number of aryl methyl sites for hydroxylation is 2. The first-order valence-corrected chi connectivity index (χ1v) is 7.31. The standard InChI is InChI=1S/C16H21N5/c1-4-17-14(12-10-18-20(2)11-12)9-16-19-13-7-5-6-8-15(13)21(16)3/h5-8,10-11,14,17H,4,9H2,1-3H3. The van der Waals surface area contributed by atoms with Gasteiger partial charge in [0.2, 0.25) is 0 Å². The van der Waals surface area contributed by atoms with Gasteiger partial charge < -0.3 is 9.88 Å². The SMILES string of the molecule is CCNC(Cc1nc2ccccc2n1C)c1cnn(C)c1. The Morgan fingerprint density at radius 1 is 1.24 bits per heavy atom. The average Bonchev–Trinajstić information content (AvgIpc) is 3.04. The Balaban J connectivity index is 1.92. The molecule has 0 radical (unpaired) electrons. The van der Waals surface area contributed by atoms with E-state index in [1.165, 1.54) is 11.1 Å². The Hall–Kier alpha value is -2.14. The Morgan fingerprint density at radius 3 is 2.71 bits per heavy atom. The van der Waals surface area contributed by atoms with Gasteiger partial charge in [-0.05, 0) is 18.7 Å². The average molecular weight is 283 g/mol. The number of nitrogens with one attached hydrogen (secondary N) is 1. The van der Waals surface area contributed by atoms with E-state index >= 15 is 0 Å². The molecule has 0 aliphatic heterocycles. The summed E-state index contributed by atoms with van der Waals surface area (Å²) in [6.45, 7) is 3.04. The number of rotatable bonds is 5. The van der Waals surface area contributed by atoms with E-state index in [1.807, 2.05) is 24.0 Å². The van der Waals surface area contributed by atoms with Crippen molar-refractivity contribution in [3.8, 4) is 0 Å². The molecule has 0 bridgehead atoms. The highest BCUT2D eigenvalue weighted by Crippen LogP contribution is 2.20. The summed E-state index contributed by atoms with van der Waals surface area (Å²) >= 11 is 0. The van der Waals surface area contributed by atoms with Crippen LogP contribution < -0.4 is 5.32 Å². The van der Waals surface area contributed by atoms with E-state index in [2.05, 4.69) is 53.3 Å². The minimum atomic E-state index is 0.235. The molecule has 5 nitrogen and oxygen atoms in total. The van der Waals surface area contributed by atoms with Crippen molar-refractivity contribution in [2.45, 2.75) is 19.4 Å². The summed E-state index contributed by atoms with van der Waals surface area (Å²) in [5.74, 6) is 1.09. The lowest BCUT2D eigenvalue weighted by atomic mass is 10.1. The maximum Gasteiger partial charge on any atom is 0.111 e. The second-order valence-corrected chi connectivity index (χ2v) is 5.34. The normalized spacial score (nSPS) is 12.9. The number of para-hydroxylation sites is 2. The molecule has 0 spiro atoms. The van der Waals surface area contributed by atoms with Crippen LogP contribution in [0.5, 0.6) is 0 Å². The number of imidazole rings is 1. The predicted octanol–water partition coefficient (Wildman–Crippen LogP) is 2.20. The van der Waals surface area contributed by atoms with E-state index in [-0.39, 0.29) is 6.04 Å². The third-order valence-corrected chi connectivity index (χ3v) is 3.84. The summed E-state index contributed by atoms with van der Waals surface area (Å²) in [4.78, 5) is 4.76. The number of hydrogen-bond donors (Lipinski definition) is 1. The van der Waals surface area contributed by atoms with Gasteiger partial charge in [-0.1, -0.05) is 19.1 Å². The minimum absolute atomic E-state index is 0.235. The molecule has 0 amide bonds. The molecular formula is C16H21N5. The molecule has 1 atom stereocenters. The van der Waals surface area contributed by atoms with Crippen molar-refractivity contribution in [2.24, 2.45) is 14.1 Å². The summed E-state index contributed by atoms with van der Waals surface area (Å²) in [7, 11) is 4.03. The van der Waals surface area contributed by atoms with Crippen LogP contribution in [0.3, 0.4) is 0 Å². The largest absolute Gasteiger partial charge is 0.331 e. The third kappa shape index (κ3) is 2.69. The van der Waals surface area contributed by atoms with Gasteiger partial charge in [0, 0.05) is 38.3 Å². The van der Waals surface area contributed by atoms with Gasteiger partial charge in [0.25, 0.3) is 0 Å². The number of likely N-dealkylation sites (N-methyl/N-ethyl adjacent to an activating group) is 1. The number of benzene rings is 1. The number of hydrogen-bond acceptors (Lipinski definition) is 3. The topological polar surface area (TPSA) is 47.7 Å². The molecule has 1 N–H and O–H groups in total. The highest BCUT2D eigenvalue weighted by molar-refractivity contribution is 5.75. The molecular weight excluding hydrogens is 262 g/mol. The summed E-state index contributed by atoms with van der Waals surface area (Å²) in [6, 6.07) is 8.49. The molecule has 3 rings (SSSR count). The second-order valence-electron chi connectivity index (χ2n) is 5.34. The molecule has 0 aliphatic carbocycles. The molecule has 5 heteroatoms. The van der Waals surface area contributed by atoms with E-state index < -0.39 is 0 Å². The Labute approximate surface area is 124 Å². The molecule has 2 aromatic heterocycles.